The molecule has 1 unspecified atom stereocenters. The average molecular weight is 429 g/mol. The van der Waals surface area contributed by atoms with Crippen LogP contribution >= 0.6 is 0 Å². The molecule has 5 nitrogen and oxygen atoms in total. The number of benzene rings is 2. The number of hydrogen-bond donors (Lipinski definition) is 2. The summed E-state index contributed by atoms with van der Waals surface area (Å²) in [6.07, 6.45) is -2.74. The van der Waals surface area contributed by atoms with E-state index in [0.29, 0.717) is 12.4 Å². The van der Waals surface area contributed by atoms with E-state index in [0.717, 1.165) is 23.4 Å². The van der Waals surface area contributed by atoms with E-state index in [1.807, 2.05) is 49.4 Å². The maximum absolute atomic E-state index is 12.8. The molecule has 0 saturated heterocycles. The monoisotopic (exact) mass is 429 g/mol. The van der Waals surface area contributed by atoms with Crippen LogP contribution in [0.3, 0.4) is 0 Å². The Morgan fingerprint density at radius 3 is 2.61 bits per heavy atom. The SMILES string of the molecule is CC(NC(=O)CNc1cccc(C(F)(F)F)c1)c1cccc(OCc2ccccn2)c1. The first-order chi connectivity index (χ1) is 14.8. The van der Waals surface area contributed by atoms with Crippen LogP contribution in [0.15, 0.2) is 72.9 Å². The molecule has 2 N–H and O–H groups in total. The molecule has 162 valence electrons. The van der Waals surface area contributed by atoms with Gasteiger partial charge in [-0.2, -0.15) is 13.2 Å². The smallest absolute Gasteiger partial charge is 0.416 e. The Labute approximate surface area is 178 Å². The minimum atomic E-state index is -4.43. The van der Waals surface area contributed by atoms with Crippen molar-refractivity contribution >= 4 is 11.6 Å². The third-order valence-electron chi connectivity index (χ3n) is 4.49. The summed E-state index contributed by atoms with van der Waals surface area (Å²) < 4.78 is 44.1. The number of nitrogens with zero attached hydrogens (tertiary/aromatic N) is 1. The zero-order valence-corrected chi connectivity index (χ0v) is 16.8. The summed E-state index contributed by atoms with van der Waals surface area (Å²) in [5.41, 5.74) is 1.09. The van der Waals surface area contributed by atoms with E-state index in [9.17, 15) is 18.0 Å². The number of halogens is 3. The lowest BCUT2D eigenvalue weighted by Crippen LogP contribution is -2.32. The summed E-state index contributed by atoms with van der Waals surface area (Å²) in [7, 11) is 0. The predicted octanol–water partition coefficient (Wildman–Crippen LogP) is 4.97. The van der Waals surface area contributed by atoms with Gasteiger partial charge >= 0.3 is 6.18 Å². The van der Waals surface area contributed by atoms with Gasteiger partial charge in [0.05, 0.1) is 23.8 Å². The molecule has 8 heteroatoms. The van der Waals surface area contributed by atoms with Crippen molar-refractivity contribution in [2.45, 2.75) is 25.7 Å². The second-order valence-corrected chi connectivity index (χ2v) is 6.90. The van der Waals surface area contributed by atoms with Gasteiger partial charge in [0.2, 0.25) is 5.91 Å². The van der Waals surface area contributed by atoms with Crippen LogP contribution in [0.25, 0.3) is 0 Å². The maximum Gasteiger partial charge on any atom is 0.416 e. The van der Waals surface area contributed by atoms with Gasteiger partial charge < -0.3 is 15.4 Å². The van der Waals surface area contributed by atoms with Crippen LogP contribution in [0.4, 0.5) is 18.9 Å². The van der Waals surface area contributed by atoms with Gasteiger partial charge in [0.25, 0.3) is 0 Å². The molecule has 1 heterocycles. The summed E-state index contributed by atoms with van der Waals surface area (Å²) in [5, 5.41) is 5.54. The molecule has 3 rings (SSSR count). The molecule has 1 amide bonds. The Kier molecular flexibility index (Phi) is 7.12. The van der Waals surface area contributed by atoms with Gasteiger partial charge in [0, 0.05) is 11.9 Å². The highest BCUT2D eigenvalue weighted by Gasteiger charge is 2.30. The fourth-order valence-electron chi connectivity index (χ4n) is 2.88. The van der Waals surface area contributed by atoms with Crippen molar-refractivity contribution in [3.05, 3.63) is 89.7 Å². The highest BCUT2D eigenvalue weighted by molar-refractivity contribution is 5.81. The van der Waals surface area contributed by atoms with Crippen molar-refractivity contribution in [3.63, 3.8) is 0 Å². The highest BCUT2D eigenvalue weighted by Crippen LogP contribution is 2.30. The van der Waals surface area contributed by atoms with E-state index in [-0.39, 0.29) is 24.2 Å². The number of carbonyl (C=O) groups excluding carboxylic acids is 1. The molecule has 1 aromatic heterocycles. The molecule has 0 spiro atoms. The Hall–Kier alpha value is -3.55. The van der Waals surface area contributed by atoms with Gasteiger partial charge in [-0.05, 0) is 55.0 Å². The molecule has 31 heavy (non-hydrogen) atoms. The number of amides is 1. The zero-order chi connectivity index (χ0) is 22.3. The fraction of sp³-hybridized carbons (Fsp3) is 0.217. The summed E-state index contributed by atoms with van der Waals surface area (Å²) in [6, 6.07) is 17.3. The van der Waals surface area contributed by atoms with E-state index >= 15 is 0 Å². The highest BCUT2D eigenvalue weighted by atomic mass is 19.4. The summed E-state index contributed by atoms with van der Waals surface area (Å²) in [5.74, 6) is 0.302. The summed E-state index contributed by atoms with van der Waals surface area (Å²) in [4.78, 5) is 16.4. The summed E-state index contributed by atoms with van der Waals surface area (Å²) in [6.45, 7) is 1.99. The Morgan fingerprint density at radius 1 is 1.06 bits per heavy atom. The van der Waals surface area contributed by atoms with Gasteiger partial charge in [-0.15, -0.1) is 0 Å². The molecule has 0 aliphatic heterocycles. The molecule has 0 aliphatic rings. The van der Waals surface area contributed by atoms with Crippen molar-refractivity contribution in [1.29, 1.82) is 0 Å². The average Bonchev–Trinajstić information content (AvgIpc) is 2.77. The van der Waals surface area contributed by atoms with Crippen LogP contribution in [-0.2, 0) is 17.6 Å². The number of aromatic nitrogens is 1. The maximum atomic E-state index is 12.8. The van der Waals surface area contributed by atoms with Crippen LogP contribution in [0.2, 0.25) is 0 Å². The second-order valence-electron chi connectivity index (χ2n) is 6.90. The topological polar surface area (TPSA) is 63.2 Å². The normalized spacial score (nSPS) is 12.1. The lowest BCUT2D eigenvalue weighted by atomic mass is 10.1. The number of carbonyl (C=O) groups is 1. The quantitative estimate of drug-likeness (QED) is 0.531. The number of nitrogens with one attached hydrogen (secondary N) is 2. The molecule has 2 aromatic carbocycles. The van der Waals surface area contributed by atoms with E-state index in [4.69, 9.17) is 4.74 Å². The van der Waals surface area contributed by atoms with Crippen LogP contribution in [0.1, 0.15) is 29.8 Å². The number of ether oxygens (including phenoxy) is 1. The zero-order valence-electron chi connectivity index (χ0n) is 16.8. The molecule has 0 aliphatic carbocycles. The lowest BCUT2D eigenvalue weighted by molar-refractivity contribution is -0.137. The number of hydrogen-bond acceptors (Lipinski definition) is 4. The first kappa shape index (κ1) is 22.1. The van der Waals surface area contributed by atoms with E-state index in [1.165, 1.54) is 12.1 Å². The predicted molar refractivity (Wildman–Crippen MR) is 112 cm³/mol. The van der Waals surface area contributed by atoms with Gasteiger partial charge in [-0.25, -0.2) is 0 Å². The number of alkyl halides is 3. The van der Waals surface area contributed by atoms with Crippen LogP contribution in [0.5, 0.6) is 5.75 Å². The Balaban J connectivity index is 1.52. The standard InChI is InChI=1S/C23H22F3N3O2/c1-16(17-6-4-10-21(12-17)31-15-20-8-2-3-11-27-20)29-22(30)14-28-19-9-5-7-18(13-19)23(24,25)26/h2-13,16,28H,14-15H2,1H3,(H,29,30). The summed E-state index contributed by atoms with van der Waals surface area (Å²) >= 11 is 0. The molecule has 3 aromatic rings. The van der Waals surface area contributed by atoms with Crippen LogP contribution < -0.4 is 15.4 Å². The first-order valence-electron chi connectivity index (χ1n) is 9.64. The molecule has 0 bridgehead atoms. The lowest BCUT2D eigenvalue weighted by Gasteiger charge is -2.16. The fourth-order valence-corrected chi connectivity index (χ4v) is 2.88. The van der Waals surface area contributed by atoms with Crippen LogP contribution in [-0.4, -0.2) is 17.4 Å². The second kappa shape index (κ2) is 9.97. The van der Waals surface area contributed by atoms with Crippen molar-refractivity contribution in [3.8, 4) is 5.75 Å². The third-order valence-corrected chi connectivity index (χ3v) is 4.49. The first-order valence-corrected chi connectivity index (χ1v) is 9.64. The van der Waals surface area contributed by atoms with Crippen LogP contribution in [0, 0.1) is 0 Å². The largest absolute Gasteiger partial charge is 0.487 e. The number of rotatable bonds is 8. The van der Waals surface area contributed by atoms with Crippen molar-refractivity contribution in [1.82, 2.24) is 10.3 Å². The van der Waals surface area contributed by atoms with E-state index in [2.05, 4.69) is 15.6 Å². The van der Waals surface area contributed by atoms with Gasteiger partial charge in [-0.3, -0.25) is 9.78 Å². The molecule has 1 atom stereocenters. The van der Waals surface area contributed by atoms with E-state index in [1.54, 1.807) is 6.20 Å². The van der Waals surface area contributed by atoms with Crippen molar-refractivity contribution < 1.29 is 22.7 Å². The minimum Gasteiger partial charge on any atom is -0.487 e. The van der Waals surface area contributed by atoms with E-state index < -0.39 is 11.7 Å². The Morgan fingerprint density at radius 2 is 1.87 bits per heavy atom. The number of pyridine rings is 1. The number of anilines is 1. The third kappa shape index (κ3) is 6.74. The molecular formula is C23H22F3N3O2. The minimum absolute atomic E-state index is 0.151. The van der Waals surface area contributed by atoms with Crippen molar-refractivity contribution in [2.75, 3.05) is 11.9 Å². The van der Waals surface area contributed by atoms with Gasteiger partial charge in [0.15, 0.2) is 0 Å². The molecular weight excluding hydrogens is 407 g/mol. The van der Waals surface area contributed by atoms with Crippen molar-refractivity contribution in [2.24, 2.45) is 0 Å². The Bertz CT molecular complexity index is 1010. The van der Waals surface area contributed by atoms with Gasteiger partial charge in [-0.1, -0.05) is 24.3 Å². The molecule has 0 saturated carbocycles. The molecule has 0 fully saturated rings. The molecule has 0 radical (unpaired) electrons. The van der Waals surface area contributed by atoms with Gasteiger partial charge in [0.1, 0.15) is 12.4 Å².